The zero-order valence-electron chi connectivity index (χ0n) is 10.7. The Morgan fingerprint density at radius 1 is 1.05 bits per heavy atom. The fraction of sp³-hybridized carbons (Fsp3) is 0.200. The molecular formula is C15H14Cl2FN. The molecule has 0 bridgehead atoms. The molecule has 0 fully saturated rings. The van der Waals surface area contributed by atoms with Crippen molar-refractivity contribution < 1.29 is 4.39 Å². The van der Waals surface area contributed by atoms with Crippen LogP contribution in [0.1, 0.15) is 24.1 Å². The van der Waals surface area contributed by atoms with Gasteiger partial charge in [-0.3, -0.25) is 0 Å². The second-order valence-corrected chi connectivity index (χ2v) is 5.34. The lowest BCUT2D eigenvalue weighted by atomic mass is 10.1. The van der Waals surface area contributed by atoms with Gasteiger partial charge < -0.3 is 5.32 Å². The Hall–Kier alpha value is -1.25. The average molecular weight is 298 g/mol. The van der Waals surface area contributed by atoms with Gasteiger partial charge in [-0.15, -0.1) is 0 Å². The first-order chi connectivity index (χ1) is 8.97. The number of hydrogen-bond donors (Lipinski definition) is 1. The summed E-state index contributed by atoms with van der Waals surface area (Å²) in [4.78, 5) is 0. The highest BCUT2D eigenvalue weighted by atomic mass is 35.5. The smallest absolute Gasteiger partial charge is 0.141 e. The van der Waals surface area contributed by atoms with Crippen molar-refractivity contribution in [1.29, 1.82) is 0 Å². The van der Waals surface area contributed by atoms with E-state index in [4.69, 9.17) is 23.2 Å². The van der Waals surface area contributed by atoms with Gasteiger partial charge >= 0.3 is 0 Å². The quantitative estimate of drug-likeness (QED) is 0.776. The lowest BCUT2D eigenvalue weighted by Crippen LogP contribution is -2.07. The second kappa shape index (κ2) is 5.81. The van der Waals surface area contributed by atoms with Crippen molar-refractivity contribution in [2.45, 2.75) is 19.9 Å². The normalized spacial score (nSPS) is 12.3. The van der Waals surface area contributed by atoms with Crippen molar-refractivity contribution >= 4 is 28.9 Å². The van der Waals surface area contributed by atoms with Crippen LogP contribution in [0.25, 0.3) is 0 Å². The maximum atomic E-state index is 13.1. The van der Waals surface area contributed by atoms with E-state index in [1.165, 1.54) is 6.07 Å². The van der Waals surface area contributed by atoms with E-state index in [1.54, 1.807) is 12.1 Å². The molecule has 0 saturated carbocycles. The Morgan fingerprint density at radius 3 is 2.47 bits per heavy atom. The molecule has 2 rings (SSSR count). The monoisotopic (exact) mass is 297 g/mol. The predicted octanol–water partition coefficient (Wildman–Crippen LogP) is 5.61. The Morgan fingerprint density at radius 2 is 1.79 bits per heavy atom. The molecule has 1 unspecified atom stereocenters. The van der Waals surface area contributed by atoms with Crippen LogP contribution in [-0.4, -0.2) is 0 Å². The Kier molecular flexibility index (Phi) is 4.33. The molecule has 1 nitrogen and oxygen atoms in total. The van der Waals surface area contributed by atoms with Crippen LogP contribution in [0.4, 0.5) is 10.1 Å². The lowest BCUT2D eigenvalue weighted by molar-refractivity contribution is 0.627. The molecule has 1 N–H and O–H groups in total. The zero-order valence-corrected chi connectivity index (χ0v) is 12.2. The Labute approximate surface area is 122 Å². The van der Waals surface area contributed by atoms with Gasteiger partial charge in [0.05, 0.1) is 15.7 Å². The summed E-state index contributed by atoms with van der Waals surface area (Å²) in [6, 6.07) is 10.5. The topological polar surface area (TPSA) is 12.0 Å². The van der Waals surface area contributed by atoms with Crippen molar-refractivity contribution in [1.82, 2.24) is 0 Å². The Balaban J connectivity index is 2.22. The standard InChI is InChI=1S/C15H14Cl2FN/c1-9-3-5-12(16)15(7-9)19-10(2)11-4-6-14(18)13(17)8-11/h3-8,10,19H,1-2H3. The SMILES string of the molecule is Cc1ccc(Cl)c(NC(C)c2ccc(F)c(Cl)c2)c1. The summed E-state index contributed by atoms with van der Waals surface area (Å²) in [5.41, 5.74) is 2.88. The first-order valence-corrected chi connectivity index (χ1v) is 6.70. The third-order valence-corrected chi connectivity index (χ3v) is 3.56. The molecule has 0 aliphatic rings. The average Bonchev–Trinajstić information content (AvgIpc) is 2.37. The number of anilines is 1. The summed E-state index contributed by atoms with van der Waals surface area (Å²) in [5.74, 6) is -0.411. The molecule has 0 aliphatic heterocycles. The molecule has 2 aromatic rings. The van der Waals surface area contributed by atoms with Crippen LogP contribution in [0.2, 0.25) is 10.0 Å². The number of aryl methyl sites for hydroxylation is 1. The summed E-state index contributed by atoms with van der Waals surface area (Å²) in [5, 5.41) is 4.09. The largest absolute Gasteiger partial charge is 0.377 e. The minimum Gasteiger partial charge on any atom is -0.377 e. The van der Waals surface area contributed by atoms with E-state index in [0.717, 1.165) is 16.8 Å². The summed E-state index contributed by atoms with van der Waals surface area (Å²) in [6.07, 6.45) is 0. The number of halogens is 3. The molecule has 4 heteroatoms. The van der Waals surface area contributed by atoms with Gasteiger partial charge in [0.15, 0.2) is 0 Å². The lowest BCUT2D eigenvalue weighted by Gasteiger charge is -2.17. The van der Waals surface area contributed by atoms with E-state index in [-0.39, 0.29) is 11.1 Å². The van der Waals surface area contributed by atoms with Gasteiger partial charge in [0, 0.05) is 6.04 Å². The predicted molar refractivity (Wildman–Crippen MR) is 79.6 cm³/mol. The molecule has 0 aliphatic carbocycles. The van der Waals surface area contributed by atoms with Gasteiger partial charge in [-0.2, -0.15) is 0 Å². The zero-order chi connectivity index (χ0) is 14.0. The molecule has 2 aromatic carbocycles. The van der Waals surface area contributed by atoms with Crippen LogP contribution < -0.4 is 5.32 Å². The van der Waals surface area contributed by atoms with E-state index in [0.29, 0.717) is 5.02 Å². The fourth-order valence-electron chi connectivity index (χ4n) is 1.85. The number of benzene rings is 2. The highest BCUT2D eigenvalue weighted by Crippen LogP contribution is 2.28. The highest BCUT2D eigenvalue weighted by Gasteiger charge is 2.10. The van der Waals surface area contributed by atoms with Crippen LogP contribution in [0, 0.1) is 12.7 Å². The Bertz CT molecular complexity index is 599. The maximum absolute atomic E-state index is 13.1. The summed E-state index contributed by atoms with van der Waals surface area (Å²) >= 11 is 11.9. The first kappa shape index (κ1) is 14.2. The minimum atomic E-state index is -0.411. The van der Waals surface area contributed by atoms with Crippen molar-refractivity contribution in [3.63, 3.8) is 0 Å². The third-order valence-electron chi connectivity index (χ3n) is 2.94. The van der Waals surface area contributed by atoms with Crippen LogP contribution in [-0.2, 0) is 0 Å². The van der Waals surface area contributed by atoms with E-state index < -0.39 is 5.82 Å². The van der Waals surface area contributed by atoms with Gasteiger partial charge in [0.1, 0.15) is 5.82 Å². The molecule has 0 heterocycles. The van der Waals surface area contributed by atoms with Crippen LogP contribution >= 0.6 is 23.2 Å². The summed E-state index contributed by atoms with van der Waals surface area (Å²) < 4.78 is 13.1. The second-order valence-electron chi connectivity index (χ2n) is 4.52. The number of rotatable bonds is 3. The summed E-state index contributed by atoms with van der Waals surface area (Å²) in [6.45, 7) is 3.98. The molecule has 0 spiro atoms. The van der Waals surface area contributed by atoms with E-state index in [9.17, 15) is 4.39 Å². The van der Waals surface area contributed by atoms with Crippen molar-refractivity contribution in [3.8, 4) is 0 Å². The van der Waals surface area contributed by atoms with Crippen LogP contribution in [0.15, 0.2) is 36.4 Å². The summed E-state index contributed by atoms with van der Waals surface area (Å²) in [7, 11) is 0. The molecule has 0 radical (unpaired) electrons. The molecule has 1 atom stereocenters. The molecular weight excluding hydrogens is 284 g/mol. The fourth-order valence-corrected chi connectivity index (χ4v) is 2.21. The molecule has 0 saturated heterocycles. The van der Waals surface area contributed by atoms with Crippen LogP contribution in [0.5, 0.6) is 0 Å². The molecule has 0 amide bonds. The van der Waals surface area contributed by atoms with Gasteiger partial charge in [-0.25, -0.2) is 4.39 Å². The highest BCUT2D eigenvalue weighted by molar-refractivity contribution is 6.33. The third kappa shape index (κ3) is 3.40. The van der Waals surface area contributed by atoms with E-state index in [2.05, 4.69) is 5.32 Å². The van der Waals surface area contributed by atoms with Crippen LogP contribution in [0.3, 0.4) is 0 Å². The van der Waals surface area contributed by atoms with E-state index >= 15 is 0 Å². The number of hydrogen-bond acceptors (Lipinski definition) is 1. The molecule has 100 valence electrons. The van der Waals surface area contributed by atoms with Gasteiger partial charge in [-0.05, 0) is 49.2 Å². The molecule has 19 heavy (non-hydrogen) atoms. The van der Waals surface area contributed by atoms with E-state index in [1.807, 2.05) is 32.0 Å². The van der Waals surface area contributed by atoms with Gasteiger partial charge in [0.2, 0.25) is 0 Å². The van der Waals surface area contributed by atoms with Crippen molar-refractivity contribution in [2.24, 2.45) is 0 Å². The van der Waals surface area contributed by atoms with Crippen molar-refractivity contribution in [3.05, 3.63) is 63.4 Å². The molecule has 0 aromatic heterocycles. The van der Waals surface area contributed by atoms with Gasteiger partial charge in [0.25, 0.3) is 0 Å². The number of nitrogens with one attached hydrogen (secondary N) is 1. The minimum absolute atomic E-state index is 0.0163. The van der Waals surface area contributed by atoms with Gasteiger partial charge in [-0.1, -0.05) is 35.3 Å². The maximum Gasteiger partial charge on any atom is 0.141 e. The van der Waals surface area contributed by atoms with Crippen molar-refractivity contribution in [2.75, 3.05) is 5.32 Å². The first-order valence-electron chi connectivity index (χ1n) is 5.95.